The van der Waals surface area contributed by atoms with Crippen LogP contribution in [0.1, 0.15) is 12.8 Å². The molecule has 0 aliphatic carbocycles. The predicted molar refractivity (Wildman–Crippen MR) is 69.7 cm³/mol. The fourth-order valence-electron chi connectivity index (χ4n) is 2.57. The van der Waals surface area contributed by atoms with E-state index in [1.54, 1.807) is 0 Å². The van der Waals surface area contributed by atoms with Gasteiger partial charge >= 0.3 is 0 Å². The molecule has 2 aliphatic rings. The number of hydrogen-bond acceptors (Lipinski definition) is 5. The van der Waals surface area contributed by atoms with E-state index in [1.807, 2.05) is 0 Å². The Morgan fingerprint density at radius 1 is 1.22 bits per heavy atom. The average Bonchev–Trinajstić information content (AvgIpc) is 2.41. The minimum Gasteiger partial charge on any atom is -0.390 e. The molecule has 0 amide bonds. The highest BCUT2D eigenvalue weighted by atomic mass is 16.5. The van der Waals surface area contributed by atoms with Crippen LogP contribution >= 0.6 is 0 Å². The molecule has 2 saturated heterocycles. The van der Waals surface area contributed by atoms with Crippen LogP contribution in [0.25, 0.3) is 0 Å². The summed E-state index contributed by atoms with van der Waals surface area (Å²) in [4.78, 5) is 2.26. The third-order valence-corrected chi connectivity index (χ3v) is 3.64. The first-order valence-electron chi connectivity index (χ1n) is 7.11. The average molecular weight is 258 g/mol. The smallest absolute Gasteiger partial charge is 0.0791 e. The number of nitrogens with zero attached hydrogens (tertiary/aromatic N) is 1. The van der Waals surface area contributed by atoms with Crippen molar-refractivity contribution in [2.75, 3.05) is 59.2 Å². The van der Waals surface area contributed by atoms with E-state index in [2.05, 4.69) is 10.2 Å². The Kier molecular flexibility index (Phi) is 6.37. The van der Waals surface area contributed by atoms with E-state index in [-0.39, 0.29) is 6.10 Å². The van der Waals surface area contributed by atoms with Gasteiger partial charge in [-0.2, -0.15) is 0 Å². The molecular formula is C13H26N2O3. The van der Waals surface area contributed by atoms with Crippen molar-refractivity contribution in [3.63, 3.8) is 0 Å². The maximum atomic E-state index is 9.95. The molecule has 0 spiro atoms. The van der Waals surface area contributed by atoms with Crippen LogP contribution in [0.2, 0.25) is 0 Å². The molecule has 0 aromatic rings. The number of β-amino-alcohol motifs (C(OH)–C–C–N with tert-alkyl or cyclic N) is 1. The number of aliphatic hydroxyl groups is 1. The van der Waals surface area contributed by atoms with Crippen LogP contribution < -0.4 is 5.32 Å². The summed E-state index contributed by atoms with van der Waals surface area (Å²) in [7, 11) is 0. The van der Waals surface area contributed by atoms with Crippen LogP contribution in [0, 0.1) is 5.92 Å². The monoisotopic (exact) mass is 258 g/mol. The summed E-state index contributed by atoms with van der Waals surface area (Å²) in [6, 6.07) is 0. The molecule has 18 heavy (non-hydrogen) atoms. The van der Waals surface area contributed by atoms with Crippen LogP contribution in [0.3, 0.4) is 0 Å². The Labute approximate surface area is 109 Å². The summed E-state index contributed by atoms with van der Waals surface area (Å²) in [5.41, 5.74) is 0. The van der Waals surface area contributed by atoms with Crippen molar-refractivity contribution in [1.82, 2.24) is 10.2 Å². The van der Waals surface area contributed by atoms with Crippen molar-refractivity contribution in [3.8, 4) is 0 Å². The lowest BCUT2D eigenvalue weighted by Gasteiger charge is -2.29. The number of hydrogen-bond donors (Lipinski definition) is 2. The van der Waals surface area contributed by atoms with Gasteiger partial charge < -0.3 is 19.9 Å². The van der Waals surface area contributed by atoms with Crippen LogP contribution in [0.15, 0.2) is 0 Å². The van der Waals surface area contributed by atoms with Gasteiger partial charge in [-0.1, -0.05) is 0 Å². The highest BCUT2D eigenvalue weighted by Gasteiger charge is 2.16. The molecule has 0 saturated carbocycles. The van der Waals surface area contributed by atoms with Crippen LogP contribution in [0.4, 0.5) is 0 Å². The molecule has 2 fully saturated rings. The lowest BCUT2D eigenvalue weighted by atomic mass is 10.0. The fraction of sp³-hybridized carbons (Fsp3) is 1.00. The number of nitrogens with one attached hydrogen (secondary N) is 1. The zero-order chi connectivity index (χ0) is 12.6. The third-order valence-electron chi connectivity index (χ3n) is 3.64. The third kappa shape index (κ3) is 5.20. The maximum absolute atomic E-state index is 9.95. The van der Waals surface area contributed by atoms with Gasteiger partial charge in [-0.25, -0.2) is 0 Å². The number of morpholine rings is 1. The molecule has 5 nitrogen and oxygen atoms in total. The minimum atomic E-state index is -0.285. The van der Waals surface area contributed by atoms with Crippen molar-refractivity contribution in [1.29, 1.82) is 0 Å². The first-order chi connectivity index (χ1) is 8.84. The van der Waals surface area contributed by atoms with Gasteiger partial charge in [0.25, 0.3) is 0 Å². The molecule has 2 aliphatic heterocycles. The van der Waals surface area contributed by atoms with Crippen molar-refractivity contribution in [2.24, 2.45) is 5.92 Å². The largest absolute Gasteiger partial charge is 0.390 e. The Morgan fingerprint density at radius 2 is 2.06 bits per heavy atom. The molecule has 0 aromatic heterocycles. The van der Waals surface area contributed by atoms with Crippen LogP contribution in [-0.4, -0.2) is 75.3 Å². The Hall–Kier alpha value is -0.200. The lowest BCUT2D eigenvalue weighted by molar-refractivity contribution is 0.0138. The van der Waals surface area contributed by atoms with E-state index in [9.17, 15) is 5.11 Å². The highest BCUT2D eigenvalue weighted by molar-refractivity contribution is 4.71. The van der Waals surface area contributed by atoms with Gasteiger partial charge in [0.05, 0.1) is 25.9 Å². The van der Waals surface area contributed by atoms with E-state index >= 15 is 0 Å². The van der Waals surface area contributed by atoms with Crippen molar-refractivity contribution < 1.29 is 14.6 Å². The maximum Gasteiger partial charge on any atom is 0.0791 e. The first kappa shape index (κ1) is 14.2. The molecule has 2 heterocycles. The topological polar surface area (TPSA) is 54.0 Å². The minimum absolute atomic E-state index is 0.285. The molecule has 2 N–H and O–H groups in total. The van der Waals surface area contributed by atoms with Gasteiger partial charge in [-0.05, 0) is 18.8 Å². The van der Waals surface area contributed by atoms with Gasteiger partial charge in [0.1, 0.15) is 0 Å². The molecule has 2 unspecified atom stereocenters. The second-order valence-corrected chi connectivity index (χ2v) is 5.31. The Bertz CT molecular complexity index is 216. The number of ether oxygens (including phenoxy) is 2. The Morgan fingerprint density at radius 3 is 2.78 bits per heavy atom. The molecule has 5 heteroatoms. The zero-order valence-electron chi connectivity index (χ0n) is 11.1. The highest BCUT2D eigenvalue weighted by Crippen LogP contribution is 2.12. The van der Waals surface area contributed by atoms with E-state index in [1.165, 1.54) is 12.8 Å². The Balaban J connectivity index is 1.52. The van der Waals surface area contributed by atoms with Gasteiger partial charge in [0.2, 0.25) is 0 Å². The van der Waals surface area contributed by atoms with Gasteiger partial charge in [-0.15, -0.1) is 0 Å². The SMILES string of the molecule is OC(CNCC1CCCOC1)CN1CCOCC1. The second-order valence-electron chi connectivity index (χ2n) is 5.31. The summed E-state index contributed by atoms with van der Waals surface area (Å²) in [6.07, 6.45) is 2.13. The van der Waals surface area contributed by atoms with Gasteiger partial charge in [0, 0.05) is 39.3 Å². The van der Waals surface area contributed by atoms with Gasteiger partial charge in [-0.3, -0.25) is 4.90 Å². The summed E-state index contributed by atoms with van der Waals surface area (Å²) >= 11 is 0. The van der Waals surface area contributed by atoms with Crippen molar-refractivity contribution >= 4 is 0 Å². The zero-order valence-corrected chi connectivity index (χ0v) is 11.1. The molecule has 0 radical (unpaired) electrons. The summed E-state index contributed by atoms with van der Waals surface area (Å²) in [6.45, 7) is 7.62. The second kappa shape index (κ2) is 8.07. The standard InChI is InChI=1S/C13H26N2O3/c16-13(10-15-3-6-17-7-4-15)9-14-8-12-2-1-5-18-11-12/h12-14,16H,1-11H2. The molecule has 2 atom stereocenters. The van der Waals surface area contributed by atoms with E-state index in [4.69, 9.17) is 9.47 Å². The first-order valence-corrected chi connectivity index (χ1v) is 7.11. The fourth-order valence-corrected chi connectivity index (χ4v) is 2.57. The predicted octanol–water partition coefficient (Wildman–Crippen LogP) is -0.304. The summed E-state index contributed by atoms with van der Waals surface area (Å²) in [5.74, 6) is 0.620. The quantitative estimate of drug-likeness (QED) is 0.685. The van der Waals surface area contributed by atoms with Crippen LogP contribution in [0.5, 0.6) is 0 Å². The lowest BCUT2D eigenvalue weighted by Crippen LogP contribution is -2.44. The molecule has 0 bridgehead atoms. The van der Waals surface area contributed by atoms with Crippen molar-refractivity contribution in [3.05, 3.63) is 0 Å². The molecule has 106 valence electrons. The van der Waals surface area contributed by atoms with Gasteiger partial charge in [0.15, 0.2) is 0 Å². The summed E-state index contributed by atoms with van der Waals surface area (Å²) < 4.78 is 10.7. The van der Waals surface area contributed by atoms with Crippen molar-refractivity contribution in [2.45, 2.75) is 18.9 Å². The normalized spacial score (nSPS) is 28.2. The van der Waals surface area contributed by atoms with E-state index in [0.29, 0.717) is 12.5 Å². The number of aliphatic hydroxyl groups excluding tert-OH is 1. The summed E-state index contributed by atoms with van der Waals surface area (Å²) in [5, 5.41) is 13.3. The molecule has 0 aromatic carbocycles. The van der Waals surface area contributed by atoms with E-state index in [0.717, 1.165) is 52.6 Å². The molecule has 2 rings (SSSR count). The number of rotatable bonds is 6. The molecular weight excluding hydrogens is 232 g/mol. The van der Waals surface area contributed by atoms with E-state index < -0.39 is 0 Å². The van der Waals surface area contributed by atoms with Crippen LogP contribution in [-0.2, 0) is 9.47 Å².